The number of aliphatic hydroxyl groups is 1. The molecule has 0 bridgehead atoms. The molecule has 1 unspecified atom stereocenters. The molecule has 2 aromatic carbocycles. The van der Waals surface area contributed by atoms with E-state index >= 15 is 0 Å². The zero-order valence-corrected chi connectivity index (χ0v) is 18.8. The van der Waals surface area contributed by atoms with E-state index in [4.69, 9.17) is 4.74 Å². The average molecular weight is 465 g/mol. The highest BCUT2D eigenvalue weighted by atomic mass is 32.1. The Kier molecular flexibility index (Phi) is 5.93. The largest absolute Gasteiger partial charge is 0.507 e. The number of nitrogens with zero attached hydrogens (tertiary/aromatic N) is 3. The Balaban J connectivity index is 1.93. The standard InChI is InChI=1S/C23H20N4O5S/c1-12-25-26-23(33-12)27-18(14-5-4-6-15(11-14)21(30)24-2)17(20(29)22(27)31)19(28)13-7-9-16(32-3)10-8-13/h4-11,18,28H,1-3H3,(H,24,30). The third-order valence-electron chi connectivity index (χ3n) is 5.22. The third kappa shape index (κ3) is 3.96. The fraction of sp³-hybridized carbons (Fsp3) is 0.174. The van der Waals surface area contributed by atoms with Crippen LogP contribution >= 0.6 is 11.3 Å². The Morgan fingerprint density at radius 3 is 2.45 bits per heavy atom. The fourth-order valence-corrected chi connectivity index (χ4v) is 4.34. The lowest BCUT2D eigenvalue weighted by Gasteiger charge is -2.23. The summed E-state index contributed by atoms with van der Waals surface area (Å²) < 4.78 is 5.15. The molecule has 9 nitrogen and oxygen atoms in total. The normalized spacial score (nSPS) is 17.3. The van der Waals surface area contributed by atoms with Gasteiger partial charge in [-0.2, -0.15) is 0 Å². The van der Waals surface area contributed by atoms with Crippen molar-refractivity contribution in [3.8, 4) is 5.75 Å². The Bertz CT molecular complexity index is 1280. The second kappa shape index (κ2) is 8.83. The van der Waals surface area contributed by atoms with Crippen molar-refractivity contribution in [2.45, 2.75) is 13.0 Å². The first-order chi connectivity index (χ1) is 15.8. The SMILES string of the molecule is CNC(=O)c1cccc(C2C(=C(O)c3ccc(OC)cc3)C(=O)C(=O)N2c2nnc(C)s2)c1. The number of carbonyl (C=O) groups is 3. The van der Waals surface area contributed by atoms with Gasteiger partial charge in [-0.25, -0.2) is 0 Å². The van der Waals surface area contributed by atoms with Gasteiger partial charge in [-0.05, 0) is 48.9 Å². The molecule has 1 atom stereocenters. The molecule has 33 heavy (non-hydrogen) atoms. The summed E-state index contributed by atoms with van der Waals surface area (Å²) >= 11 is 1.15. The van der Waals surface area contributed by atoms with E-state index in [1.54, 1.807) is 55.5 Å². The third-order valence-corrected chi connectivity index (χ3v) is 6.06. The summed E-state index contributed by atoms with van der Waals surface area (Å²) in [5, 5.41) is 22.5. The van der Waals surface area contributed by atoms with Crippen LogP contribution < -0.4 is 15.0 Å². The van der Waals surface area contributed by atoms with Crippen molar-refractivity contribution in [3.63, 3.8) is 0 Å². The van der Waals surface area contributed by atoms with E-state index in [9.17, 15) is 19.5 Å². The van der Waals surface area contributed by atoms with E-state index in [-0.39, 0.29) is 22.4 Å². The predicted octanol–water partition coefficient (Wildman–Crippen LogP) is 2.84. The topological polar surface area (TPSA) is 122 Å². The average Bonchev–Trinajstić information content (AvgIpc) is 3.38. The van der Waals surface area contributed by atoms with Gasteiger partial charge in [-0.1, -0.05) is 23.5 Å². The molecule has 168 valence electrons. The number of ketones is 1. The first-order valence-corrected chi connectivity index (χ1v) is 10.7. The van der Waals surface area contributed by atoms with Gasteiger partial charge in [0.15, 0.2) is 0 Å². The highest BCUT2D eigenvalue weighted by molar-refractivity contribution is 7.15. The molecule has 1 aromatic heterocycles. The van der Waals surface area contributed by atoms with Crippen LogP contribution in [0.15, 0.2) is 54.1 Å². The van der Waals surface area contributed by atoms with E-state index in [1.165, 1.54) is 19.1 Å². The molecule has 0 saturated carbocycles. The number of aliphatic hydroxyl groups excluding tert-OH is 1. The van der Waals surface area contributed by atoms with Gasteiger partial charge >= 0.3 is 5.91 Å². The quantitative estimate of drug-likeness (QED) is 0.338. The minimum absolute atomic E-state index is 0.105. The van der Waals surface area contributed by atoms with Crippen LogP contribution in [0.4, 0.5) is 5.13 Å². The first kappa shape index (κ1) is 22.2. The smallest absolute Gasteiger partial charge is 0.301 e. The van der Waals surface area contributed by atoms with Crippen LogP contribution in [0.2, 0.25) is 0 Å². The number of hydrogen-bond acceptors (Lipinski definition) is 8. The molecule has 1 aliphatic heterocycles. The number of nitrogens with one attached hydrogen (secondary N) is 1. The molecular formula is C23H20N4O5S. The molecule has 0 aliphatic carbocycles. The van der Waals surface area contributed by atoms with E-state index < -0.39 is 17.7 Å². The van der Waals surface area contributed by atoms with Crippen molar-refractivity contribution >= 4 is 39.8 Å². The number of rotatable bonds is 5. The highest BCUT2D eigenvalue weighted by Gasteiger charge is 2.48. The molecule has 1 aliphatic rings. The Labute approximate surface area is 193 Å². The summed E-state index contributed by atoms with van der Waals surface area (Å²) in [6.07, 6.45) is 0. The summed E-state index contributed by atoms with van der Waals surface area (Å²) in [6, 6.07) is 12.0. The number of benzene rings is 2. The summed E-state index contributed by atoms with van der Waals surface area (Å²) in [5.41, 5.74) is 1.05. The minimum atomic E-state index is -0.996. The predicted molar refractivity (Wildman–Crippen MR) is 122 cm³/mol. The van der Waals surface area contributed by atoms with E-state index in [0.717, 1.165) is 11.3 Å². The van der Waals surface area contributed by atoms with E-state index in [2.05, 4.69) is 15.5 Å². The molecule has 2 heterocycles. The Morgan fingerprint density at radius 1 is 1.12 bits per heavy atom. The van der Waals surface area contributed by atoms with Gasteiger partial charge in [0.1, 0.15) is 16.5 Å². The lowest BCUT2D eigenvalue weighted by molar-refractivity contribution is -0.132. The van der Waals surface area contributed by atoms with Crippen LogP contribution in [0, 0.1) is 6.92 Å². The molecule has 1 fully saturated rings. The van der Waals surface area contributed by atoms with Gasteiger partial charge in [0.2, 0.25) is 5.13 Å². The molecule has 0 radical (unpaired) electrons. The Hall–Kier alpha value is -4.05. The maximum absolute atomic E-state index is 13.1. The van der Waals surface area contributed by atoms with Crippen LogP contribution in [-0.4, -0.2) is 47.1 Å². The van der Waals surface area contributed by atoms with Gasteiger partial charge in [0.25, 0.3) is 11.7 Å². The van der Waals surface area contributed by atoms with E-state index in [0.29, 0.717) is 27.4 Å². The van der Waals surface area contributed by atoms with Crippen LogP contribution in [-0.2, 0) is 9.59 Å². The second-order valence-electron chi connectivity index (χ2n) is 7.21. The van der Waals surface area contributed by atoms with E-state index in [1.807, 2.05) is 0 Å². The number of aryl methyl sites for hydroxylation is 1. The van der Waals surface area contributed by atoms with Crippen LogP contribution in [0.1, 0.15) is 32.5 Å². The van der Waals surface area contributed by atoms with Gasteiger partial charge in [0.05, 0.1) is 18.7 Å². The lowest BCUT2D eigenvalue weighted by atomic mass is 9.94. The van der Waals surface area contributed by atoms with Gasteiger partial charge in [0, 0.05) is 18.2 Å². The zero-order valence-electron chi connectivity index (χ0n) is 18.0. The zero-order chi connectivity index (χ0) is 23.7. The minimum Gasteiger partial charge on any atom is -0.507 e. The van der Waals surface area contributed by atoms with Gasteiger partial charge in [-0.3, -0.25) is 19.3 Å². The number of amides is 2. The molecular weight excluding hydrogens is 444 g/mol. The van der Waals surface area contributed by atoms with Crippen molar-refractivity contribution < 1.29 is 24.2 Å². The number of aromatic nitrogens is 2. The van der Waals surface area contributed by atoms with Crippen molar-refractivity contribution in [1.82, 2.24) is 15.5 Å². The highest BCUT2D eigenvalue weighted by Crippen LogP contribution is 2.43. The summed E-state index contributed by atoms with van der Waals surface area (Å²) in [4.78, 5) is 39.6. The monoisotopic (exact) mass is 464 g/mol. The summed E-state index contributed by atoms with van der Waals surface area (Å²) in [6.45, 7) is 1.73. The second-order valence-corrected chi connectivity index (χ2v) is 8.37. The van der Waals surface area contributed by atoms with Crippen molar-refractivity contribution in [1.29, 1.82) is 0 Å². The molecule has 10 heteroatoms. The first-order valence-electron chi connectivity index (χ1n) is 9.93. The number of methoxy groups -OCH3 is 1. The lowest BCUT2D eigenvalue weighted by Crippen LogP contribution is -2.29. The van der Waals surface area contributed by atoms with Crippen molar-refractivity contribution in [3.05, 3.63) is 75.8 Å². The van der Waals surface area contributed by atoms with Crippen LogP contribution in [0.5, 0.6) is 5.75 Å². The molecule has 2 N–H and O–H groups in total. The molecule has 0 spiro atoms. The number of ether oxygens (including phenoxy) is 1. The molecule has 3 aromatic rings. The van der Waals surface area contributed by atoms with Crippen molar-refractivity contribution in [2.75, 3.05) is 19.1 Å². The molecule has 1 saturated heterocycles. The van der Waals surface area contributed by atoms with Crippen LogP contribution in [0.3, 0.4) is 0 Å². The summed E-state index contributed by atoms with van der Waals surface area (Å²) in [5.74, 6) is -1.78. The maximum atomic E-state index is 13.1. The molecule has 4 rings (SSSR count). The molecule has 2 amide bonds. The summed E-state index contributed by atoms with van der Waals surface area (Å²) in [7, 11) is 3.03. The number of anilines is 1. The number of hydrogen-bond donors (Lipinski definition) is 2. The van der Waals surface area contributed by atoms with Crippen molar-refractivity contribution in [2.24, 2.45) is 0 Å². The Morgan fingerprint density at radius 2 is 1.85 bits per heavy atom. The van der Waals surface area contributed by atoms with Crippen LogP contribution in [0.25, 0.3) is 5.76 Å². The fourth-order valence-electron chi connectivity index (χ4n) is 3.63. The van der Waals surface area contributed by atoms with Gasteiger partial charge in [-0.15, -0.1) is 10.2 Å². The van der Waals surface area contributed by atoms with Gasteiger partial charge < -0.3 is 15.2 Å². The number of Topliss-reactive ketones (excluding diaryl/α,β-unsaturated/α-hetero) is 1. The maximum Gasteiger partial charge on any atom is 0.301 e. The number of carbonyl (C=O) groups excluding carboxylic acids is 3.